The number of carbonyl (C=O) groups excluding carboxylic acids is 4. The molecule has 0 radical (unpaired) electrons. The van der Waals surface area contributed by atoms with Crippen molar-refractivity contribution in [1.82, 2.24) is 5.32 Å². The minimum Gasteiger partial charge on any atom is -0.451 e. The van der Waals surface area contributed by atoms with Crippen molar-refractivity contribution in [3.8, 4) is 0 Å². The second-order valence-electron chi connectivity index (χ2n) is 5.77. The highest BCUT2D eigenvalue weighted by molar-refractivity contribution is 7.14. The molecule has 2 atom stereocenters. The van der Waals surface area contributed by atoms with Crippen molar-refractivity contribution in [3.05, 3.63) is 51.9 Å². The van der Waals surface area contributed by atoms with Gasteiger partial charge in [0, 0.05) is 0 Å². The topological polar surface area (TPSA) is 128 Å². The van der Waals surface area contributed by atoms with Crippen LogP contribution in [-0.4, -0.2) is 35.8 Å². The molecule has 2 aromatic rings. The van der Waals surface area contributed by atoms with Crippen LogP contribution in [0.1, 0.15) is 34.6 Å². The SMILES string of the molecule is CC(OC(=O)[C@H](C)NC(=O)c1ccccc1Cl)C(=O)Nc1sccc1C(N)=O. The van der Waals surface area contributed by atoms with E-state index in [1.165, 1.54) is 26.0 Å². The first kappa shape index (κ1) is 21.4. The van der Waals surface area contributed by atoms with E-state index in [0.29, 0.717) is 0 Å². The fraction of sp³-hybridized carbons (Fsp3) is 0.222. The number of benzene rings is 1. The van der Waals surface area contributed by atoms with Gasteiger partial charge in [-0.1, -0.05) is 23.7 Å². The van der Waals surface area contributed by atoms with Crippen LogP contribution < -0.4 is 16.4 Å². The van der Waals surface area contributed by atoms with E-state index < -0.39 is 35.8 Å². The van der Waals surface area contributed by atoms with Crippen LogP contribution in [0.5, 0.6) is 0 Å². The van der Waals surface area contributed by atoms with Crippen LogP contribution in [0, 0.1) is 0 Å². The van der Waals surface area contributed by atoms with E-state index in [2.05, 4.69) is 10.6 Å². The summed E-state index contributed by atoms with van der Waals surface area (Å²) in [7, 11) is 0. The van der Waals surface area contributed by atoms with E-state index in [1.54, 1.807) is 23.6 Å². The van der Waals surface area contributed by atoms with Gasteiger partial charge in [0.25, 0.3) is 17.7 Å². The van der Waals surface area contributed by atoms with Gasteiger partial charge in [-0.05, 0) is 37.4 Å². The smallest absolute Gasteiger partial charge is 0.329 e. The molecule has 0 spiro atoms. The summed E-state index contributed by atoms with van der Waals surface area (Å²) in [5.74, 6) is -2.67. The van der Waals surface area contributed by atoms with Gasteiger partial charge in [-0.15, -0.1) is 11.3 Å². The maximum Gasteiger partial charge on any atom is 0.329 e. The average molecular weight is 424 g/mol. The molecule has 2 rings (SSSR count). The van der Waals surface area contributed by atoms with E-state index in [4.69, 9.17) is 22.1 Å². The molecule has 0 bridgehead atoms. The van der Waals surface area contributed by atoms with Crippen LogP contribution in [0.15, 0.2) is 35.7 Å². The number of anilines is 1. The van der Waals surface area contributed by atoms with E-state index in [1.807, 2.05) is 0 Å². The number of amides is 3. The van der Waals surface area contributed by atoms with Crippen LogP contribution in [0.2, 0.25) is 5.02 Å². The minimum atomic E-state index is -1.16. The molecule has 0 saturated carbocycles. The summed E-state index contributed by atoms with van der Waals surface area (Å²) in [4.78, 5) is 47.8. The Hall–Kier alpha value is -2.91. The Labute approximate surface area is 170 Å². The highest BCUT2D eigenvalue weighted by Gasteiger charge is 2.25. The number of esters is 1. The van der Waals surface area contributed by atoms with Gasteiger partial charge in [-0.2, -0.15) is 0 Å². The first-order valence-electron chi connectivity index (χ1n) is 8.14. The molecule has 0 fully saturated rings. The standard InChI is InChI=1S/C18H18ClN3O5S/c1-9(21-16(25)11-5-3-4-6-13(11)19)18(26)27-10(2)15(24)22-17-12(14(20)23)7-8-28-17/h3-10H,1-2H3,(H2,20,23)(H,21,25)(H,22,24)/t9-,10?/m0/s1. The fourth-order valence-corrected chi connectivity index (χ4v) is 3.14. The zero-order valence-corrected chi connectivity index (χ0v) is 16.6. The van der Waals surface area contributed by atoms with Gasteiger partial charge in [-0.3, -0.25) is 14.4 Å². The predicted octanol–water partition coefficient (Wildman–Crippen LogP) is 2.19. The lowest BCUT2D eigenvalue weighted by atomic mass is 10.2. The Kier molecular flexibility index (Phi) is 7.13. The highest BCUT2D eigenvalue weighted by Crippen LogP contribution is 2.23. The van der Waals surface area contributed by atoms with Gasteiger partial charge in [-0.25, -0.2) is 4.79 Å². The third-order valence-electron chi connectivity index (χ3n) is 3.65. The van der Waals surface area contributed by atoms with Gasteiger partial charge in [0.15, 0.2) is 6.10 Å². The van der Waals surface area contributed by atoms with Crippen LogP contribution in [-0.2, 0) is 14.3 Å². The molecule has 0 aliphatic carbocycles. The molecule has 8 nitrogen and oxygen atoms in total. The molecule has 1 heterocycles. The largest absolute Gasteiger partial charge is 0.451 e. The van der Waals surface area contributed by atoms with Crippen LogP contribution in [0.3, 0.4) is 0 Å². The van der Waals surface area contributed by atoms with Crippen molar-refractivity contribution >= 4 is 51.6 Å². The summed E-state index contributed by atoms with van der Waals surface area (Å²) in [6, 6.07) is 6.85. The molecule has 148 valence electrons. The van der Waals surface area contributed by atoms with Crippen molar-refractivity contribution in [2.45, 2.75) is 26.0 Å². The molecular weight excluding hydrogens is 406 g/mol. The molecule has 0 aliphatic rings. The van der Waals surface area contributed by atoms with E-state index in [0.717, 1.165) is 11.3 Å². The number of hydrogen-bond donors (Lipinski definition) is 3. The number of nitrogens with one attached hydrogen (secondary N) is 2. The molecule has 1 aromatic heterocycles. The second-order valence-corrected chi connectivity index (χ2v) is 7.09. The van der Waals surface area contributed by atoms with Crippen molar-refractivity contribution in [1.29, 1.82) is 0 Å². The maximum atomic E-state index is 12.2. The summed E-state index contributed by atoms with van der Waals surface area (Å²) in [6.07, 6.45) is -1.16. The van der Waals surface area contributed by atoms with Gasteiger partial charge in [0.1, 0.15) is 11.0 Å². The molecule has 10 heteroatoms. The molecule has 0 aliphatic heterocycles. The van der Waals surface area contributed by atoms with Crippen LogP contribution in [0.4, 0.5) is 5.00 Å². The fourth-order valence-electron chi connectivity index (χ4n) is 2.12. The normalized spacial score (nSPS) is 12.5. The number of ether oxygens (including phenoxy) is 1. The highest BCUT2D eigenvalue weighted by atomic mass is 35.5. The monoisotopic (exact) mass is 423 g/mol. The summed E-state index contributed by atoms with van der Waals surface area (Å²) in [5, 5.41) is 7.05. The summed E-state index contributed by atoms with van der Waals surface area (Å²) < 4.78 is 5.08. The Balaban J connectivity index is 1.92. The lowest BCUT2D eigenvalue weighted by Gasteiger charge is -2.17. The summed E-state index contributed by atoms with van der Waals surface area (Å²) >= 11 is 7.06. The molecular formula is C18H18ClN3O5S. The molecule has 3 amide bonds. The number of rotatable bonds is 7. The Bertz CT molecular complexity index is 914. The zero-order valence-electron chi connectivity index (χ0n) is 15.0. The van der Waals surface area contributed by atoms with Crippen LogP contribution >= 0.6 is 22.9 Å². The predicted molar refractivity (Wildman–Crippen MR) is 105 cm³/mol. The van der Waals surface area contributed by atoms with Crippen molar-refractivity contribution in [2.24, 2.45) is 5.73 Å². The number of hydrogen-bond acceptors (Lipinski definition) is 6. The van der Waals surface area contributed by atoms with Gasteiger partial charge in [0.2, 0.25) is 0 Å². The summed E-state index contributed by atoms with van der Waals surface area (Å²) in [5.41, 5.74) is 5.60. The number of thiophene rings is 1. The number of halogens is 1. The zero-order chi connectivity index (χ0) is 20.8. The van der Waals surface area contributed by atoms with Crippen molar-refractivity contribution in [3.63, 3.8) is 0 Å². The first-order valence-corrected chi connectivity index (χ1v) is 9.40. The Morgan fingerprint density at radius 2 is 1.79 bits per heavy atom. The molecule has 1 unspecified atom stereocenters. The van der Waals surface area contributed by atoms with Gasteiger partial charge in [0.05, 0.1) is 16.1 Å². The number of primary amides is 1. The average Bonchev–Trinajstić information content (AvgIpc) is 3.10. The number of nitrogens with two attached hydrogens (primary N) is 1. The Morgan fingerprint density at radius 1 is 1.11 bits per heavy atom. The quantitative estimate of drug-likeness (QED) is 0.588. The molecule has 1 aromatic carbocycles. The lowest BCUT2D eigenvalue weighted by molar-refractivity contribution is -0.154. The third kappa shape index (κ3) is 5.30. The molecule has 0 saturated heterocycles. The molecule has 28 heavy (non-hydrogen) atoms. The Morgan fingerprint density at radius 3 is 2.43 bits per heavy atom. The van der Waals surface area contributed by atoms with E-state index >= 15 is 0 Å². The second kappa shape index (κ2) is 9.34. The number of carbonyl (C=O) groups is 4. The van der Waals surface area contributed by atoms with Gasteiger partial charge >= 0.3 is 5.97 Å². The van der Waals surface area contributed by atoms with E-state index in [9.17, 15) is 19.2 Å². The van der Waals surface area contributed by atoms with Gasteiger partial charge < -0.3 is 21.1 Å². The van der Waals surface area contributed by atoms with E-state index in [-0.39, 0.29) is 21.2 Å². The van der Waals surface area contributed by atoms with Crippen molar-refractivity contribution in [2.75, 3.05) is 5.32 Å². The minimum absolute atomic E-state index is 0.164. The first-order chi connectivity index (χ1) is 13.2. The third-order valence-corrected chi connectivity index (χ3v) is 4.81. The maximum absolute atomic E-state index is 12.2. The summed E-state index contributed by atoms with van der Waals surface area (Å²) in [6.45, 7) is 2.79. The molecule has 4 N–H and O–H groups in total. The lowest BCUT2D eigenvalue weighted by Crippen LogP contribution is -2.42. The van der Waals surface area contributed by atoms with Crippen LogP contribution in [0.25, 0.3) is 0 Å². The van der Waals surface area contributed by atoms with Crippen molar-refractivity contribution < 1.29 is 23.9 Å².